The van der Waals surface area contributed by atoms with E-state index in [1.54, 1.807) is 4.57 Å². The fourth-order valence-corrected chi connectivity index (χ4v) is 3.17. The normalized spacial score (nSPS) is 23.7. The summed E-state index contributed by atoms with van der Waals surface area (Å²) in [4.78, 5) is 12.5. The topological polar surface area (TPSA) is 48.0 Å². The van der Waals surface area contributed by atoms with E-state index in [0.717, 1.165) is 42.1 Å². The van der Waals surface area contributed by atoms with Crippen molar-refractivity contribution in [3.8, 4) is 0 Å². The van der Waals surface area contributed by atoms with Crippen molar-refractivity contribution in [2.75, 3.05) is 0 Å². The molecule has 3 rings (SSSR count). The van der Waals surface area contributed by atoms with Crippen molar-refractivity contribution in [2.24, 2.45) is 12.8 Å². The van der Waals surface area contributed by atoms with E-state index in [9.17, 15) is 4.79 Å². The molecule has 0 saturated heterocycles. The summed E-state index contributed by atoms with van der Waals surface area (Å²) in [6.45, 7) is 0. The van der Waals surface area contributed by atoms with Crippen molar-refractivity contribution in [1.82, 2.24) is 4.57 Å². The van der Waals surface area contributed by atoms with Crippen LogP contribution in [0.25, 0.3) is 10.9 Å². The van der Waals surface area contributed by atoms with Gasteiger partial charge in [0.1, 0.15) is 0 Å². The highest BCUT2D eigenvalue weighted by atomic mass is 16.1. The van der Waals surface area contributed by atoms with Gasteiger partial charge in [0.15, 0.2) is 0 Å². The Bertz CT molecular complexity index is 651. The lowest BCUT2D eigenvalue weighted by molar-refractivity contribution is 0.393. The molecular weight excluding hydrogens is 236 g/mol. The first-order valence-electron chi connectivity index (χ1n) is 7.01. The molecule has 1 fully saturated rings. The molecule has 0 amide bonds. The molecule has 3 heteroatoms. The van der Waals surface area contributed by atoms with Gasteiger partial charge in [-0.1, -0.05) is 18.2 Å². The predicted molar refractivity (Wildman–Crippen MR) is 78.4 cm³/mol. The minimum atomic E-state index is 0.152. The van der Waals surface area contributed by atoms with E-state index < -0.39 is 0 Å². The Morgan fingerprint density at radius 3 is 2.58 bits per heavy atom. The first-order chi connectivity index (χ1) is 9.16. The van der Waals surface area contributed by atoms with Crippen LogP contribution in [0.3, 0.4) is 0 Å². The van der Waals surface area contributed by atoms with E-state index in [2.05, 4.69) is 12.1 Å². The molecule has 100 valence electrons. The second-order valence-corrected chi connectivity index (χ2v) is 5.63. The Hall–Kier alpha value is -1.61. The molecule has 2 N–H and O–H groups in total. The molecule has 1 aliphatic carbocycles. The van der Waals surface area contributed by atoms with Gasteiger partial charge in [0.05, 0.1) is 5.52 Å². The van der Waals surface area contributed by atoms with Crippen LogP contribution in [0, 0.1) is 0 Å². The Morgan fingerprint density at radius 1 is 1.16 bits per heavy atom. The van der Waals surface area contributed by atoms with Gasteiger partial charge in [-0.15, -0.1) is 0 Å². The van der Waals surface area contributed by atoms with Gasteiger partial charge in [-0.25, -0.2) is 0 Å². The van der Waals surface area contributed by atoms with Gasteiger partial charge >= 0.3 is 0 Å². The average Bonchev–Trinajstić information content (AvgIpc) is 2.44. The molecule has 2 aromatic rings. The van der Waals surface area contributed by atoms with Gasteiger partial charge < -0.3 is 10.3 Å². The summed E-state index contributed by atoms with van der Waals surface area (Å²) < 4.78 is 1.78. The van der Waals surface area contributed by atoms with Crippen molar-refractivity contribution in [2.45, 2.75) is 37.6 Å². The third kappa shape index (κ3) is 2.19. The van der Waals surface area contributed by atoms with Gasteiger partial charge in [0, 0.05) is 18.7 Å². The minimum Gasteiger partial charge on any atom is -0.328 e. The molecule has 3 nitrogen and oxygen atoms in total. The third-order valence-corrected chi connectivity index (χ3v) is 4.37. The average molecular weight is 256 g/mol. The Morgan fingerprint density at radius 2 is 1.84 bits per heavy atom. The Labute approximate surface area is 113 Å². The maximum atomic E-state index is 12.5. The van der Waals surface area contributed by atoms with E-state index in [-0.39, 0.29) is 5.56 Å². The van der Waals surface area contributed by atoms with Crippen molar-refractivity contribution in [1.29, 1.82) is 0 Å². The van der Waals surface area contributed by atoms with Gasteiger partial charge in [0.25, 0.3) is 5.56 Å². The van der Waals surface area contributed by atoms with Gasteiger partial charge in [-0.05, 0) is 49.1 Å². The number of nitrogens with two attached hydrogens (primary N) is 1. The van der Waals surface area contributed by atoms with Crippen LogP contribution in [0.15, 0.2) is 35.1 Å². The number of nitrogens with zero attached hydrogens (tertiary/aromatic N) is 1. The molecule has 19 heavy (non-hydrogen) atoms. The highest BCUT2D eigenvalue weighted by Gasteiger charge is 2.23. The van der Waals surface area contributed by atoms with E-state index >= 15 is 0 Å². The fraction of sp³-hybridized carbons (Fsp3) is 0.438. The quantitative estimate of drug-likeness (QED) is 0.852. The third-order valence-electron chi connectivity index (χ3n) is 4.37. The zero-order chi connectivity index (χ0) is 13.4. The number of hydrogen-bond donors (Lipinski definition) is 1. The first kappa shape index (κ1) is 12.4. The van der Waals surface area contributed by atoms with E-state index in [4.69, 9.17) is 5.73 Å². The number of aryl methyl sites for hydroxylation is 1. The van der Waals surface area contributed by atoms with Crippen LogP contribution in [0.4, 0.5) is 0 Å². The number of rotatable bonds is 1. The summed E-state index contributed by atoms with van der Waals surface area (Å²) >= 11 is 0. The largest absolute Gasteiger partial charge is 0.328 e. The van der Waals surface area contributed by atoms with Gasteiger partial charge in [0.2, 0.25) is 0 Å². The lowest BCUT2D eigenvalue weighted by Crippen LogP contribution is -2.29. The minimum absolute atomic E-state index is 0.152. The highest BCUT2D eigenvalue weighted by molar-refractivity contribution is 5.79. The number of aromatic nitrogens is 1. The van der Waals surface area contributed by atoms with Crippen LogP contribution in [0.2, 0.25) is 0 Å². The molecule has 0 unspecified atom stereocenters. The number of pyridine rings is 1. The first-order valence-corrected chi connectivity index (χ1v) is 7.01. The van der Waals surface area contributed by atoms with Crippen LogP contribution in [-0.4, -0.2) is 10.6 Å². The number of para-hydroxylation sites is 1. The maximum absolute atomic E-state index is 12.5. The molecule has 0 spiro atoms. The van der Waals surface area contributed by atoms with Crippen molar-refractivity contribution in [3.05, 3.63) is 46.2 Å². The standard InChI is InChI=1S/C16H20N2O/c1-18-15-5-3-2-4-12(15)10-14(16(18)19)11-6-8-13(17)9-7-11/h2-5,10-11,13H,6-9,17H2,1H3. The van der Waals surface area contributed by atoms with Crippen LogP contribution in [0.1, 0.15) is 37.2 Å². The van der Waals surface area contributed by atoms with E-state index in [1.807, 2.05) is 25.2 Å². The summed E-state index contributed by atoms with van der Waals surface area (Å²) in [6.07, 6.45) is 4.13. The van der Waals surface area contributed by atoms with Crippen molar-refractivity contribution in [3.63, 3.8) is 0 Å². The predicted octanol–water partition coefficient (Wildman–Crippen LogP) is 2.52. The fourth-order valence-electron chi connectivity index (χ4n) is 3.17. The molecule has 1 aliphatic rings. The molecule has 1 saturated carbocycles. The maximum Gasteiger partial charge on any atom is 0.254 e. The summed E-state index contributed by atoms with van der Waals surface area (Å²) in [5, 5.41) is 1.15. The molecule has 0 atom stereocenters. The van der Waals surface area contributed by atoms with Crippen molar-refractivity contribution < 1.29 is 0 Å². The number of hydrogen-bond acceptors (Lipinski definition) is 2. The lowest BCUT2D eigenvalue weighted by atomic mass is 9.82. The number of benzene rings is 1. The second-order valence-electron chi connectivity index (χ2n) is 5.63. The summed E-state index contributed by atoms with van der Waals surface area (Å²) in [5.74, 6) is 0.378. The highest BCUT2D eigenvalue weighted by Crippen LogP contribution is 2.31. The van der Waals surface area contributed by atoms with E-state index in [0.29, 0.717) is 12.0 Å². The molecular formula is C16H20N2O. The van der Waals surface area contributed by atoms with E-state index in [1.165, 1.54) is 0 Å². The van der Waals surface area contributed by atoms with Crippen LogP contribution < -0.4 is 11.3 Å². The van der Waals surface area contributed by atoms with Gasteiger partial charge in [-0.3, -0.25) is 4.79 Å². The van der Waals surface area contributed by atoms with Crippen LogP contribution in [0.5, 0.6) is 0 Å². The summed E-state index contributed by atoms with van der Waals surface area (Å²) in [6, 6.07) is 10.5. The molecule has 1 heterocycles. The number of fused-ring (bicyclic) bond motifs is 1. The second kappa shape index (κ2) is 4.82. The molecule has 0 bridgehead atoms. The molecule has 1 aromatic heterocycles. The summed E-state index contributed by atoms with van der Waals surface area (Å²) in [7, 11) is 1.86. The monoisotopic (exact) mass is 256 g/mol. The van der Waals surface area contributed by atoms with Crippen LogP contribution >= 0.6 is 0 Å². The molecule has 1 aromatic carbocycles. The lowest BCUT2D eigenvalue weighted by Gasteiger charge is -2.26. The molecule has 0 radical (unpaired) electrons. The zero-order valence-electron chi connectivity index (χ0n) is 11.3. The smallest absolute Gasteiger partial charge is 0.254 e. The van der Waals surface area contributed by atoms with Crippen LogP contribution in [-0.2, 0) is 7.05 Å². The van der Waals surface area contributed by atoms with Gasteiger partial charge in [-0.2, -0.15) is 0 Å². The zero-order valence-corrected chi connectivity index (χ0v) is 11.3. The Kier molecular flexibility index (Phi) is 3.15. The molecule has 0 aliphatic heterocycles. The SMILES string of the molecule is Cn1c(=O)c(C2CCC(N)CC2)cc2ccccc21. The summed E-state index contributed by atoms with van der Waals surface area (Å²) in [5.41, 5.74) is 8.07. The van der Waals surface area contributed by atoms with Crippen molar-refractivity contribution >= 4 is 10.9 Å². The Balaban J connectivity index is 2.09.